The van der Waals surface area contributed by atoms with Crippen LogP contribution in [0.2, 0.25) is 0 Å². The van der Waals surface area contributed by atoms with Crippen molar-refractivity contribution in [3.05, 3.63) is 46.9 Å². The molecule has 2 aliphatic heterocycles. The lowest BCUT2D eigenvalue weighted by Gasteiger charge is -2.30. The van der Waals surface area contributed by atoms with Crippen LogP contribution in [-0.4, -0.2) is 60.5 Å². The molecule has 6 nitrogen and oxygen atoms in total. The number of carbonyl (C=O) groups is 1. The summed E-state index contributed by atoms with van der Waals surface area (Å²) in [5.74, 6) is -0.265. The van der Waals surface area contributed by atoms with Crippen molar-refractivity contribution in [2.24, 2.45) is 9.98 Å². The molecule has 1 aromatic rings. The monoisotopic (exact) mass is 353 g/mol. The Bertz CT molecular complexity index is 861. The minimum absolute atomic E-state index is 0.131. The molecule has 2 aliphatic rings. The van der Waals surface area contributed by atoms with Gasteiger partial charge >= 0.3 is 0 Å². The summed E-state index contributed by atoms with van der Waals surface area (Å²) in [6.45, 7) is 4.56. The number of amides is 1. The van der Waals surface area contributed by atoms with Crippen LogP contribution in [0.1, 0.15) is 29.3 Å². The van der Waals surface area contributed by atoms with Gasteiger partial charge in [-0.1, -0.05) is 0 Å². The maximum Gasteiger partial charge on any atom is 0.254 e. The Hall–Kier alpha value is -3.01. The molecule has 3 rings (SSSR count). The van der Waals surface area contributed by atoms with Gasteiger partial charge in [-0.3, -0.25) is 9.79 Å². The van der Waals surface area contributed by atoms with Crippen LogP contribution in [0.5, 0.6) is 0 Å². The van der Waals surface area contributed by atoms with Crippen LogP contribution in [0.25, 0.3) is 0 Å². The Labute approximate surface area is 152 Å². The zero-order valence-corrected chi connectivity index (χ0v) is 14.9. The SMILES string of the molecule is CN=C(C)N=C1CN(C(=O)c2cc(F)cc(C#N)c2)C/C1=C\N1CCC1. The van der Waals surface area contributed by atoms with Crippen LogP contribution in [0.3, 0.4) is 0 Å². The first kappa shape index (κ1) is 17.8. The number of carbonyl (C=O) groups excluding carboxylic acids is 1. The van der Waals surface area contributed by atoms with E-state index >= 15 is 0 Å². The molecule has 0 radical (unpaired) electrons. The highest BCUT2D eigenvalue weighted by molar-refractivity contribution is 6.12. The van der Waals surface area contributed by atoms with Crippen molar-refractivity contribution in [1.82, 2.24) is 9.80 Å². The topological polar surface area (TPSA) is 72.1 Å². The van der Waals surface area contributed by atoms with E-state index in [2.05, 4.69) is 14.9 Å². The zero-order chi connectivity index (χ0) is 18.7. The molecule has 2 fully saturated rings. The van der Waals surface area contributed by atoms with E-state index in [4.69, 9.17) is 5.26 Å². The average Bonchev–Trinajstić information content (AvgIpc) is 2.99. The molecular formula is C19H20FN5O. The molecule has 2 heterocycles. The maximum atomic E-state index is 13.7. The quantitative estimate of drug-likeness (QED) is 0.605. The van der Waals surface area contributed by atoms with Gasteiger partial charge in [0.15, 0.2) is 0 Å². The number of rotatable bonds is 2. The Morgan fingerprint density at radius 2 is 2.08 bits per heavy atom. The van der Waals surface area contributed by atoms with E-state index in [0.29, 0.717) is 18.9 Å². The second kappa shape index (κ2) is 7.48. The third-order valence-corrected chi connectivity index (χ3v) is 4.48. The number of hydrogen-bond donors (Lipinski definition) is 0. The van der Waals surface area contributed by atoms with Gasteiger partial charge < -0.3 is 9.80 Å². The maximum absolute atomic E-state index is 13.7. The van der Waals surface area contributed by atoms with Gasteiger partial charge in [-0.15, -0.1) is 0 Å². The van der Waals surface area contributed by atoms with Crippen molar-refractivity contribution in [2.45, 2.75) is 13.3 Å². The van der Waals surface area contributed by atoms with Crippen molar-refractivity contribution < 1.29 is 9.18 Å². The summed E-state index contributed by atoms with van der Waals surface area (Å²) < 4.78 is 13.7. The highest BCUT2D eigenvalue weighted by atomic mass is 19.1. The molecule has 2 saturated heterocycles. The number of hydrogen-bond acceptors (Lipinski definition) is 4. The van der Waals surface area contributed by atoms with Gasteiger partial charge in [-0.2, -0.15) is 5.26 Å². The summed E-state index contributed by atoms with van der Waals surface area (Å²) in [7, 11) is 1.67. The Morgan fingerprint density at radius 1 is 1.31 bits per heavy atom. The predicted octanol–water partition coefficient (Wildman–Crippen LogP) is 2.23. The average molecular weight is 353 g/mol. The van der Waals surface area contributed by atoms with E-state index in [1.165, 1.54) is 6.07 Å². The molecular weight excluding hydrogens is 333 g/mol. The summed E-state index contributed by atoms with van der Waals surface area (Å²) in [5, 5.41) is 8.99. The highest BCUT2D eigenvalue weighted by Crippen LogP contribution is 2.20. The molecule has 0 saturated carbocycles. The lowest BCUT2D eigenvalue weighted by atomic mass is 10.1. The van der Waals surface area contributed by atoms with Crippen molar-refractivity contribution >= 4 is 17.5 Å². The summed E-state index contributed by atoms with van der Waals surface area (Å²) in [5.41, 5.74) is 2.07. The summed E-state index contributed by atoms with van der Waals surface area (Å²) in [6, 6.07) is 5.57. The molecule has 0 aromatic heterocycles. The van der Waals surface area contributed by atoms with E-state index in [-0.39, 0.29) is 17.0 Å². The van der Waals surface area contributed by atoms with Crippen LogP contribution in [-0.2, 0) is 0 Å². The Morgan fingerprint density at radius 3 is 2.69 bits per heavy atom. The molecule has 0 bridgehead atoms. The van der Waals surface area contributed by atoms with E-state index in [9.17, 15) is 9.18 Å². The van der Waals surface area contributed by atoms with Crippen molar-refractivity contribution in [1.29, 1.82) is 5.26 Å². The third-order valence-electron chi connectivity index (χ3n) is 4.48. The predicted molar refractivity (Wildman–Crippen MR) is 97.8 cm³/mol. The lowest BCUT2D eigenvalue weighted by molar-refractivity contribution is 0.0803. The molecule has 0 spiro atoms. The van der Waals surface area contributed by atoms with E-state index in [0.717, 1.165) is 42.9 Å². The van der Waals surface area contributed by atoms with Crippen LogP contribution in [0.15, 0.2) is 40.0 Å². The van der Waals surface area contributed by atoms with Gasteiger partial charge in [-0.25, -0.2) is 9.38 Å². The first-order valence-corrected chi connectivity index (χ1v) is 8.46. The normalized spacial score (nSPS) is 20.5. The number of amidine groups is 1. The van der Waals surface area contributed by atoms with Crippen LogP contribution in [0.4, 0.5) is 4.39 Å². The lowest BCUT2D eigenvalue weighted by Crippen LogP contribution is -2.33. The van der Waals surface area contributed by atoms with Crippen molar-refractivity contribution in [3.63, 3.8) is 0 Å². The molecule has 1 amide bonds. The number of aliphatic imine (C=N–C) groups is 2. The Kier molecular flexibility index (Phi) is 5.12. The number of benzene rings is 1. The van der Waals surface area contributed by atoms with Crippen LogP contribution < -0.4 is 0 Å². The van der Waals surface area contributed by atoms with Gasteiger partial charge in [0.25, 0.3) is 5.91 Å². The minimum Gasteiger partial charge on any atom is -0.377 e. The first-order chi connectivity index (χ1) is 12.5. The summed E-state index contributed by atoms with van der Waals surface area (Å²) in [6.07, 6.45) is 3.21. The van der Waals surface area contributed by atoms with Gasteiger partial charge in [0.05, 0.1) is 23.9 Å². The molecule has 134 valence electrons. The fourth-order valence-electron chi connectivity index (χ4n) is 2.90. The first-order valence-electron chi connectivity index (χ1n) is 8.46. The summed E-state index contributed by atoms with van der Waals surface area (Å²) in [4.78, 5) is 25.2. The fraction of sp³-hybridized carbons (Fsp3) is 0.368. The highest BCUT2D eigenvalue weighted by Gasteiger charge is 2.29. The number of likely N-dealkylation sites (tertiary alicyclic amines) is 2. The number of nitriles is 1. The molecule has 0 unspecified atom stereocenters. The second-order valence-electron chi connectivity index (χ2n) is 6.37. The minimum atomic E-state index is -0.592. The molecule has 7 heteroatoms. The molecule has 0 aliphatic carbocycles. The van der Waals surface area contributed by atoms with Gasteiger partial charge in [0.1, 0.15) is 11.7 Å². The number of halogens is 1. The standard InChI is InChI=1S/C19H20FN5O/c1-13(22-2)23-18-12-25(11-16(18)10-24-4-3-5-24)19(26)15-6-14(9-21)7-17(20)8-15/h6-8,10H,3-5,11-12H2,1-2H3/b16-10+,22-13?,23-18?. The van der Waals surface area contributed by atoms with E-state index in [1.54, 1.807) is 11.9 Å². The van der Waals surface area contributed by atoms with Crippen LogP contribution in [0, 0.1) is 17.1 Å². The molecule has 0 atom stereocenters. The molecule has 0 N–H and O–H groups in total. The fourth-order valence-corrected chi connectivity index (χ4v) is 2.90. The van der Waals surface area contributed by atoms with Crippen molar-refractivity contribution in [2.75, 3.05) is 33.2 Å². The smallest absolute Gasteiger partial charge is 0.254 e. The molecule has 1 aromatic carbocycles. The summed E-state index contributed by atoms with van der Waals surface area (Å²) >= 11 is 0. The number of nitrogens with zero attached hydrogens (tertiary/aromatic N) is 5. The van der Waals surface area contributed by atoms with Crippen LogP contribution >= 0.6 is 0 Å². The van der Waals surface area contributed by atoms with Gasteiger partial charge in [-0.05, 0) is 31.5 Å². The second-order valence-corrected chi connectivity index (χ2v) is 6.37. The molecule has 26 heavy (non-hydrogen) atoms. The van der Waals surface area contributed by atoms with E-state index in [1.807, 2.05) is 19.2 Å². The van der Waals surface area contributed by atoms with Crippen molar-refractivity contribution in [3.8, 4) is 6.07 Å². The Balaban J connectivity index is 1.88. The zero-order valence-electron chi connectivity index (χ0n) is 14.9. The van der Waals surface area contributed by atoms with Gasteiger partial charge in [0.2, 0.25) is 0 Å². The van der Waals surface area contributed by atoms with Gasteiger partial charge in [0, 0.05) is 44.0 Å². The van der Waals surface area contributed by atoms with E-state index < -0.39 is 5.82 Å². The third kappa shape index (κ3) is 3.80. The largest absolute Gasteiger partial charge is 0.377 e.